The summed E-state index contributed by atoms with van der Waals surface area (Å²) in [5, 5.41) is 19.1. The summed E-state index contributed by atoms with van der Waals surface area (Å²) in [7, 11) is 0. The molecule has 2 atom stereocenters. The van der Waals surface area contributed by atoms with Crippen LogP contribution in [0.15, 0.2) is 0 Å². The van der Waals surface area contributed by atoms with Crippen LogP contribution in [0.4, 0.5) is 0 Å². The van der Waals surface area contributed by atoms with Crippen LogP contribution in [-0.4, -0.2) is 34.7 Å². The second-order valence-electron chi connectivity index (χ2n) is 2.44. The molecule has 0 radical (unpaired) electrons. The molecule has 5 heteroatoms. The first-order valence-corrected chi connectivity index (χ1v) is 3.31. The second-order valence-corrected chi connectivity index (χ2v) is 2.44. The molecule has 0 spiro atoms. The van der Waals surface area contributed by atoms with Crippen molar-refractivity contribution in [3.63, 3.8) is 0 Å². The number of carbonyl (C=O) groups is 2. The smallest absolute Gasteiger partial charge is 0.327 e. The molecule has 1 aliphatic rings. The molecule has 1 rings (SSSR count). The van der Waals surface area contributed by atoms with Crippen molar-refractivity contribution in [3.05, 3.63) is 0 Å². The summed E-state index contributed by atoms with van der Waals surface area (Å²) in [5.41, 5.74) is 0. The van der Waals surface area contributed by atoms with Crippen molar-refractivity contribution >= 4 is 11.9 Å². The summed E-state index contributed by atoms with van der Waals surface area (Å²) >= 11 is 0. The lowest BCUT2D eigenvalue weighted by molar-refractivity contribution is -0.153. The topological polar surface area (TPSA) is 86.6 Å². The van der Waals surface area contributed by atoms with Crippen molar-refractivity contribution in [3.8, 4) is 0 Å². The highest BCUT2D eigenvalue weighted by Gasteiger charge is 2.43. The number of aliphatic carboxylic acids is 1. The van der Waals surface area contributed by atoms with Crippen molar-refractivity contribution in [2.24, 2.45) is 5.92 Å². The van der Waals surface area contributed by atoms with Crippen molar-refractivity contribution in [2.45, 2.75) is 12.5 Å². The third kappa shape index (κ3) is 1.32. The standard InChI is InChI=1S/C6H9NO4/c8-2-1-3-4(6(10)11)7-5(3)9/h3-4,8H,1-2H2,(H,7,9)(H,10,11)/t3-,4+/m1/s1. The third-order valence-electron chi connectivity index (χ3n) is 1.74. The van der Waals surface area contributed by atoms with E-state index in [0.29, 0.717) is 0 Å². The van der Waals surface area contributed by atoms with E-state index in [9.17, 15) is 9.59 Å². The van der Waals surface area contributed by atoms with Crippen molar-refractivity contribution in [2.75, 3.05) is 6.61 Å². The molecule has 1 aliphatic heterocycles. The Labute approximate surface area is 63.0 Å². The van der Waals surface area contributed by atoms with Gasteiger partial charge in [0, 0.05) is 6.61 Å². The predicted octanol–water partition coefficient (Wildman–Crippen LogP) is -1.43. The lowest BCUT2D eigenvalue weighted by Gasteiger charge is -2.32. The van der Waals surface area contributed by atoms with Crippen LogP contribution in [0.25, 0.3) is 0 Å². The average Bonchev–Trinajstić information content (AvgIpc) is 1.95. The Bertz CT molecular complexity index is 191. The first-order chi connectivity index (χ1) is 5.16. The molecule has 0 aromatic rings. The highest BCUT2D eigenvalue weighted by atomic mass is 16.4. The first kappa shape index (κ1) is 8.00. The zero-order valence-corrected chi connectivity index (χ0v) is 5.78. The van der Waals surface area contributed by atoms with Gasteiger partial charge in [-0.05, 0) is 6.42 Å². The molecule has 0 aromatic carbocycles. The maximum atomic E-state index is 10.6. The van der Waals surface area contributed by atoms with E-state index in [1.807, 2.05) is 0 Å². The minimum absolute atomic E-state index is 0.151. The number of hydrogen-bond donors (Lipinski definition) is 3. The van der Waals surface area contributed by atoms with Gasteiger partial charge in [-0.25, -0.2) is 4.79 Å². The van der Waals surface area contributed by atoms with Crippen LogP contribution >= 0.6 is 0 Å². The number of amides is 1. The van der Waals surface area contributed by atoms with E-state index < -0.39 is 17.9 Å². The quantitative estimate of drug-likeness (QED) is 0.440. The fraction of sp³-hybridized carbons (Fsp3) is 0.667. The summed E-state index contributed by atoms with van der Waals surface area (Å²) in [6.07, 6.45) is 0.225. The molecule has 1 saturated heterocycles. The van der Waals surface area contributed by atoms with Gasteiger partial charge in [0.05, 0.1) is 5.92 Å². The fourth-order valence-corrected chi connectivity index (χ4v) is 1.09. The van der Waals surface area contributed by atoms with Crippen LogP contribution in [0.2, 0.25) is 0 Å². The van der Waals surface area contributed by atoms with Gasteiger partial charge in [0.2, 0.25) is 5.91 Å². The van der Waals surface area contributed by atoms with E-state index in [-0.39, 0.29) is 18.9 Å². The minimum atomic E-state index is -1.04. The Morgan fingerprint density at radius 1 is 1.64 bits per heavy atom. The molecule has 11 heavy (non-hydrogen) atoms. The number of aliphatic hydroxyl groups excluding tert-OH is 1. The summed E-state index contributed by atoms with van der Waals surface area (Å²) in [5.74, 6) is -1.87. The van der Waals surface area contributed by atoms with Crippen molar-refractivity contribution < 1.29 is 19.8 Å². The Morgan fingerprint density at radius 3 is 2.64 bits per heavy atom. The van der Waals surface area contributed by atoms with Gasteiger partial charge in [0.1, 0.15) is 6.04 Å². The van der Waals surface area contributed by atoms with Crippen molar-refractivity contribution in [1.82, 2.24) is 5.32 Å². The zero-order chi connectivity index (χ0) is 8.43. The van der Waals surface area contributed by atoms with Crippen molar-refractivity contribution in [1.29, 1.82) is 0 Å². The summed E-state index contributed by atoms with van der Waals surface area (Å²) in [6, 6.07) is -0.797. The van der Waals surface area contributed by atoms with Crippen LogP contribution < -0.4 is 5.32 Å². The molecule has 0 saturated carbocycles. The van der Waals surface area contributed by atoms with Crippen LogP contribution in [0.1, 0.15) is 6.42 Å². The molecule has 1 heterocycles. The SMILES string of the molecule is O=C(O)[C@H]1NC(=O)[C@@H]1CCO. The number of β-lactam (4-membered cyclic amide) rings is 1. The van der Waals surface area contributed by atoms with Gasteiger partial charge in [-0.3, -0.25) is 4.79 Å². The normalized spacial score (nSPS) is 29.0. The largest absolute Gasteiger partial charge is 0.480 e. The number of carboxylic acids is 1. The second kappa shape index (κ2) is 2.87. The minimum Gasteiger partial charge on any atom is -0.480 e. The van der Waals surface area contributed by atoms with Crippen LogP contribution in [0, 0.1) is 5.92 Å². The molecular weight excluding hydrogens is 150 g/mol. The van der Waals surface area contributed by atoms with Gasteiger partial charge in [0.15, 0.2) is 0 Å². The van der Waals surface area contributed by atoms with Gasteiger partial charge in [0.25, 0.3) is 0 Å². The highest BCUT2D eigenvalue weighted by Crippen LogP contribution is 2.18. The Hall–Kier alpha value is -1.10. The van der Waals surface area contributed by atoms with E-state index >= 15 is 0 Å². The van der Waals surface area contributed by atoms with E-state index in [0.717, 1.165) is 0 Å². The van der Waals surface area contributed by atoms with E-state index in [1.54, 1.807) is 0 Å². The maximum Gasteiger partial charge on any atom is 0.327 e. The van der Waals surface area contributed by atoms with Crippen LogP contribution in [-0.2, 0) is 9.59 Å². The molecule has 1 fully saturated rings. The Morgan fingerprint density at radius 2 is 2.27 bits per heavy atom. The molecule has 1 amide bonds. The summed E-state index contributed by atoms with van der Waals surface area (Å²) in [6.45, 7) is -0.151. The first-order valence-electron chi connectivity index (χ1n) is 3.31. The molecule has 0 unspecified atom stereocenters. The van der Waals surface area contributed by atoms with Crippen LogP contribution in [0.5, 0.6) is 0 Å². The van der Waals surface area contributed by atoms with Gasteiger partial charge in [-0.15, -0.1) is 0 Å². The number of hydrogen-bond acceptors (Lipinski definition) is 3. The number of carbonyl (C=O) groups excluding carboxylic acids is 1. The van der Waals surface area contributed by atoms with Gasteiger partial charge < -0.3 is 15.5 Å². The average molecular weight is 159 g/mol. The zero-order valence-electron chi connectivity index (χ0n) is 5.78. The molecule has 0 aliphatic carbocycles. The molecule has 0 bridgehead atoms. The summed E-state index contributed by atoms with van der Waals surface area (Å²) < 4.78 is 0. The number of carboxylic acid groups (broad SMARTS) is 1. The van der Waals surface area contributed by atoms with Crippen LogP contribution in [0.3, 0.4) is 0 Å². The molecular formula is C6H9NO4. The van der Waals surface area contributed by atoms with E-state index in [4.69, 9.17) is 10.2 Å². The number of nitrogens with one attached hydrogen (secondary N) is 1. The van der Waals surface area contributed by atoms with E-state index in [1.165, 1.54) is 0 Å². The van der Waals surface area contributed by atoms with Gasteiger partial charge >= 0.3 is 5.97 Å². The molecule has 62 valence electrons. The van der Waals surface area contributed by atoms with E-state index in [2.05, 4.69) is 5.32 Å². The fourth-order valence-electron chi connectivity index (χ4n) is 1.09. The molecule has 3 N–H and O–H groups in total. The lowest BCUT2D eigenvalue weighted by Crippen LogP contribution is -2.62. The third-order valence-corrected chi connectivity index (χ3v) is 1.74. The number of aliphatic hydroxyl groups is 1. The Kier molecular flexibility index (Phi) is 2.09. The molecule has 5 nitrogen and oxygen atoms in total. The Balaban J connectivity index is 2.47. The highest BCUT2D eigenvalue weighted by molar-refractivity contribution is 5.96. The predicted molar refractivity (Wildman–Crippen MR) is 34.8 cm³/mol. The monoisotopic (exact) mass is 159 g/mol. The lowest BCUT2D eigenvalue weighted by atomic mass is 9.88. The van der Waals surface area contributed by atoms with Gasteiger partial charge in [-0.1, -0.05) is 0 Å². The molecule has 0 aromatic heterocycles. The maximum absolute atomic E-state index is 10.6. The number of rotatable bonds is 3. The van der Waals surface area contributed by atoms with Gasteiger partial charge in [-0.2, -0.15) is 0 Å². The summed E-state index contributed by atoms with van der Waals surface area (Å²) in [4.78, 5) is 21.0.